The zero-order valence-corrected chi connectivity index (χ0v) is 11.0. The highest BCUT2D eigenvalue weighted by atomic mass is 15.2. The molecule has 0 aromatic rings. The van der Waals surface area contributed by atoms with E-state index in [1.54, 1.807) is 0 Å². The van der Waals surface area contributed by atoms with E-state index in [0.29, 0.717) is 0 Å². The summed E-state index contributed by atoms with van der Waals surface area (Å²) in [5, 5.41) is 0. The van der Waals surface area contributed by atoms with Crippen LogP contribution in [-0.2, 0) is 0 Å². The summed E-state index contributed by atoms with van der Waals surface area (Å²) in [5.41, 5.74) is 5.90. The molecule has 16 heavy (non-hydrogen) atoms. The van der Waals surface area contributed by atoms with Crippen LogP contribution in [0.5, 0.6) is 0 Å². The summed E-state index contributed by atoms with van der Waals surface area (Å²) in [6.07, 6.45) is 8.50. The van der Waals surface area contributed by atoms with E-state index in [-0.39, 0.29) is 0 Å². The van der Waals surface area contributed by atoms with Crippen molar-refractivity contribution in [2.45, 2.75) is 64.5 Å². The van der Waals surface area contributed by atoms with Gasteiger partial charge < -0.3 is 5.73 Å². The van der Waals surface area contributed by atoms with E-state index in [1.165, 1.54) is 45.1 Å². The molecular formula is C14H28N2. The Labute approximate surface area is 101 Å². The Balaban J connectivity index is 1.91. The van der Waals surface area contributed by atoms with Gasteiger partial charge >= 0.3 is 0 Å². The Morgan fingerprint density at radius 2 is 2.00 bits per heavy atom. The van der Waals surface area contributed by atoms with Crippen molar-refractivity contribution < 1.29 is 0 Å². The standard InChI is InChI=1S/C14H28N2/c1-3-16(11(2)9-12-7-8-12)14-6-4-5-13(14)10-15/h11-14H,3-10,15H2,1-2H3. The van der Waals surface area contributed by atoms with E-state index < -0.39 is 0 Å². The molecule has 2 heteroatoms. The fourth-order valence-electron chi connectivity index (χ4n) is 3.57. The van der Waals surface area contributed by atoms with E-state index in [4.69, 9.17) is 5.73 Å². The molecule has 0 heterocycles. The molecule has 2 rings (SSSR count). The molecule has 0 aliphatic heterocycles. The summed E-state index contributed by atoms with van der Waals surface area (Å²) in [6.45, 7) is 6.83. The van der Waals surface area contributed by atoms with Gasteiger partial charge in [0.05, 0.1) is 0 Å². The van der Waals surface area contributed by atoms with Crippen LogP contribution >= 0.6 is 0 Å². The second kappa shape index (κ2) is 5.50. The van der Waals surface area contributed by atoms with Crippen LogP contribution in [0, 0.1) is 11.8 Å². The second-order valence-electron chi connectivity index (χ2n) is 5.85. The van der Waals surface area contributed by atoms with Gasteiger partial charge in [0.15, 0.2) is 0 Å². The minimum atomic E-state index is 0.765. The van der Waals surface area contributed by atoms with E-state index in [2.05, 4.69) is 18.7 Å². The largest absolute Gasteiger partial charge is 0.330 e. The molecule has 3 atom stereocenters. The molecule has 2 fully saturated rings. The Hall–Kier alpha value is -0.0800. The SMILES string of the molecule is CCN(C(C)CC1CC1)C1CCCC1CN. The van der Waals surface area contributed by atoms with Crippen LogP contribution in [-0.4, -0.2) is 30.1 Å². The van der Waals surface area contributed by atoms with Gasteiger partial charge in [0.25, 0.3) is 0 Å². The molecule has 0 saturated heterocycles. The van der Waals surface area contributed by atoms with E-state index >= 15 is 0 Å². The first kappa shape index (κ1) is 12.4. The first-order valence-electron chi connectivity index (χ1n) is 7.22. The van der Waals surface area contributed by atoms with Crippen molar-refractivity contribution in [3.05, 3.63) is 0 Å². The van der Waals surface area contributed by atoms with Gasteiger partial charge in [0, 0.05) is 12.1 Å². The zero-order chi connectivity index (χ0) is 11.5. The van der Waals surface area contributed by atoms with Gasteiger partial charge in [-0.1, -0.05) is 26.2 Å². The fourth-order valence-corrected chi connectivity index (χ4v) is 3.57. The topological polar surface area (TPSA) is 29.3 Å². The molecule has 2 aliphatic rings. The van der Waals surface area contributed by atoms with Crippen molar-refractivity contribution in [3.63, 3.8) is 0 Å². The molecule has 3 unspecified atom stereocenters. The summed E-state index contributed by atoms with van der Waals surface area (Å²) in [7, 11) is 0. The first-order chi connectivity index (χ1) is 7.76. The predicted molar refractivity (Wildman–Crippen MR) is 69.4 cm³/mol. The lowest BCUT2D eigenvalue weighted by Gasteiger charge is -2.36. The molecule has 0 aromatic carbocycles. The van der Waals surface area contributed by atoms with Crippen LogP contribution in [0.4, 0.5) is 0 Å². The molecule has 2 N–H and O–H groups in total. The van der Waals surface area contributed by atoms with Gasteiger partial charge in [-0.25, -0.2) is 0 Å². The molecule has 0 aromatic heterocycles. The average Bonchev–Trinajstić information content (AvgIpc) is 2.96. The Bertz CT molecular complexity index is 213. The monoisotopic (exact) mass is 224 g/mol. The fraction of sp³-hybridized carbons (Fsp3) is 1.00. The molecule has 0 radical (unpaired) electrons. The van der Waals surface area contributed by atoms with Crippen LogP contribution in [0.25, 0.3) is 0 Å². The van der Waals surface area contributed by atoms with Crippen LogP contribution < -0.4 is 5.73 Å². The van der Waals surface area contributed by atoms with E-state index in [9.17, 15) is 0 Å². The van der Waals surface area contributed by atoms with Crippen LogP contribution in [0.15, 0.2) is 0 Å². The summed E-state index contributed by atoms with van der Waals surface area (Å²) < 4.78 is 0. The third-order valence-electron chi connectivity index (χ3n) is 4.65. The third-order valence-corrected chi connectivity index (χ3v) is 4.65. The molecule has 94 valence electrons. The number of hydrogen-bond donors (Lipinski definition) is 1. The molecule has 2 aliphatic carbocycles. The van der Waals surface area contributed by atoms with Gasteiger partial charge in [-0.15, -0.1) is 0 Å². The zero-order valence-electron chi connectivity index (χ0n) is 11.0. The molecule has 2 nitrogen and oxygen atoms in total. The number of rotatable bonds is 6. The molecule has 0 bridgehead atoms. The van der Waals surface area contributed by atoms with Crippen LogP contribution in [0.2, 0.25) is 0 Å². The maximum atomic E-state index is 5.90. The Kier molecular flexibility index (Phi) is 4.26. The average molecular weight is 224 g/mol. The van der Waals surface area contributed by atoms with E-state index in [1.807, 2.05) is 0 Å². The van der Waals surface area contributed by atoms with Crippen molar-refractivity contribution in [3.8, 4) is 0 Å². The second-order valence-corrected chi connectivity index (χ2v) is 5.85. The first-order valence-corrected chi connectivity index (χ1v) is 7.22. The van der Waals surface area contributed by atoms with Gasteiger partial charge in [0.2, 0.25) is 0 Å². The summed E-state index contributed by atoms with van der Waals surface area (Å²) in [6, 6.07) is 1.55. The van der Waals surface area contributed by atoms with Crippen molar-refractivity contribution >= 4 is 0 Å². The summed E-state index contributed by atoms with van der Waals surface area (Å²) in [5.74, 6) is 1.81. The highest BCUT2D eigenvalue weighted by Gasteiger charge is 2.34. The highest BCUT2D eigenvalue weighted by molar-refractivity contribution is 4.89. The Morgan fingerprint density at radius 1 is 1.25 bits per heavy atom. The molecule has 0 amide bonds. The quantitative estimate of drug-likeness (QED) is 0.751. The van der Waals surface area contributed by atoms with Crippen LogP contribution in [0.3, 0.4) is 0 Å². The van der Waals surface area contributed by atoms with Gasteiger partial charge in [-0.2, -0.15) is 0 Å². The Morgan fingerprint density at radius 3 is 2.56 bits per heavy atom. The lowest BCUT2D eigenvalue weighted by molar-refractivity contribution is 0.114. The summed E-state index contributed by atoms with van der Waals surface area (Å²) >= 11 is 0. The maximum Gasteiger partial charge on any atom is 0.0138 e. The van der Waals surface area contributed by atoms with Crippen molar-refractivity contribution in [2.75, 3.05) is 13.1 Å². The third kappa shape index (κ3) is 2.78. The van der Waals surface area contributed by atoms with Crippen LogP contribution in [0.1, 0.15) is 52.4 Å². The molecule has 2 saturated carbocycles. The smallest absolute Gasteiger partial charge is 0.0138 e. The molecule has 0 spiro atoms. The van der Waals surface area contributed by atoms with Gasteiger partial charge in [-0.05, 0) is 51.1 Å². The maximum absolute atomic E-state index is 5.90. The van der Waals surface area contributed by atoms with Crippen molar-refractivity contribution in [2.24, 2.45) is 17.6 Å². The highest BCUT2D eigenvalue weighted by Crippen LogP contribution is 2.37. The van der Waals surface area contributed by atoms with Crippen molar-refractivity contribution in [1.82, 2.24) is 4.90 Å². The number of nitrogens with zero attached hydrogens (tertiary/aromatic N) is 1. The number of nitrogens with two attached hydrogens (primary N) is 1. The normalized spacial score (nSPS) is 32.2. The predicted octanol–water partition coefficient (Wildman–Crippen LogP) is 2.62. The van der Waals surface area contributed by atoms with Gasteiger partial charge in [-0.3, -0.25) is 4.90 Å². The molecular weight excluding hydrogens is 196 g/mol. The number of hydrogen-bond acceptors (Lipinski definition) is 2. The minimum absolute atomic E-state index is 0.765. The van der Waals surface area contributed by atoms with Crippen molar-refractivity contribution in [1.29, 1.82) is 0 Å². The lowest BCUT2D eigenvalue weighted by Crippen LogP contribution is -2.45. The summed E-state index contributed by atoms with van der Waals surface area (Å²) in [4.78, 5) is 2.74. The lowest BCUT2D eigenvalue weighted by atomic mass is 9.99. The minimum Gasteiger partial charge on any atom is -0.330 e. The van der Waals surface area contributed by atoms with Gasteiger partial charge in [0.1, 0.15) is 0 Å². The van der Waals surface area contributed by atoms with E-state index in [0.717, 1.165) is 30.5 Å².